The van der Waals surface area contributed by atoms with E-state index in [2.05, 4.69) is 34.3 Å². The molecule has 0 spiro atoms. The first-order valence-corrected chi connectivity index (χ1v) is 6.91. The minimum absolute atomic E-state index is 0.813. The third-order valence-corrected chi connectivity index (χ3v) is 1.37. The Morgan fingerprint density at radius 2 is 1.44 bits per heavy atom. The Labute approximate surface area is 106 Å². The molecule has 16 heavy (non-hydrogen) atoms. The lowest BCUT2D eigenvalue weighted by Crippen LogP contribution is -1.72. The molecule has 2 heteroatoms. The molecule has 0 bridgehead atoms. The highest BCUT2D eigenvalue weighted by molar-refractivity contribution is 7.16. The van der Waals surface area contributed by atoms with Crippen molar-refractivity contribution in [1.29, 1.82) is 0 Å². The zero-order valence-corrected chi connectivity index (χ0v) is 13.6. The summed E-state index contributed by atoms with van der Waals surface area (Å²) in [5, 5.41) is 0. The van der Waals surface area contributed by atoms with Crippen LogP contribution in [-0.2, 0) is 0 Å². The lowest BCUT2D eigenvalue weighted by molar-refractivity contribution is 1.11. The maximum Gasteiger partial charge on any atom is 0.0301 e. The van der Waals surface area contributed by atoms with Gasteiger partial charge >= 0.3 is 0 Å². The van der Waals surface area contributed by atoms with E-state index in [1.54, 1.807) is 6.21 Å². The minimum Gasteiger partial charge on any atom is -0.262 e. The van der Waals surface area contributed by atoms with Crippen LogP contribution in [0.15, 0.2) is 29.4 Å². The van der Waals surface area contributed by atoms with Gasteiger partial charge in [-0.3, -0.25) is 4.99 Å². The third-order valence-electron chi connectivity index (χ3n) is 0.794. The standard InChI is InChI=1S/C7H11N.C3H9P.2C2H6/c1-6(2)5-8-7(3)4;1-2-3-4;2*1-2/h5H,1,3H2,2,4H3;2-4H2,1H3;2*1-2H3. The van der Waals surface area contributed by atoms with Crippen LogP contribution in [0.1, 0.15) is 54.9 Å². The largest absolute Gasteiger partial charge is 0.262 e. The maximum atomic E-state index is 3.91. The summed E-state index contributed by atoms with van der Waals surface area (Å²) >= 11 is 0. The molecule has 0 amide bonds. The van der Waals surface area contributed by atoms with Crippen LogP contribution in [0.3, 0.4) is 0 Å². The molecule has 1 unspecified atom stereocenters. The van der Waals surface area contributed by atoms with Gasteiger partial charge in [0.1, 0.15) is 0 Å². The minimum atomic E-state index is 0.813. The Balaban J connectivity index is -0.0000000761. The van der Waals surface area contributed by atoms with Gasteiger partial charge in [-0.1, -0.05) is 54.2 Å². The molecule has 0 radical (unpaired) electrons. The Hall–Kier alpha value is -0.420. The molecule has 0 saturated heterocycles. The Bertz CT molecular complexity index is 142. The number of hydrogen-bond donors (Lipinski definition) is 0. The van der Waals surface area contributed by atoms with Crippen molar-refractivity contribution in [3.8, 4) is 0 Å². The van der Waals surface area contributed by atoms with Gasteiger partial charge in [-0.15, -0.1) is 9.24 Å². The number of aliphatic imine (C=N–C) groups is 1. The lowest BCUT2D eigenvalue weighted by Gasteiger charge is -1.84. The summed E-state index contributed by atoms with van der Waals surface area (Å²) in [6, 6.07) is 0. The average molecular weight is 245 g/mol. The Morgan fingerprint density at radius 1 is 1.12 bits per heavy atom. The summed E-state index contributed by atoms with van der Waals surface area (Å²) in [6.07, 6.45) is 4.22. The first-order valence-electron chi connectivity index (χ1n) is 6.09. The van der Waals surface area contributed by atoms with Crippen molar-refractivity contribution in [2.75, 3.05) is 6.16 Å². The third kappa shape index (κ3) is 69.0. The molecule has 0 fully saturated rings. The highest BCUT2D eigenvalue weighted by atomic mass is 31.0. The molecule has 0 aromatic heterocycles. The summed E-state index contributed by atoms with van der Waals surface area (Å²) in [5.74, 6) is 0. The van der Waals surface area contributed by atoms with Crippen LogP contribution >= 0.6 is 9.24 Å². The molecule has 1 nitrogen and oxygen atoms in total. The second-order valence-electron chi connectivity index (χ2n) is 2.63. The zero-order chi connectivity index (χ0) is 14.0. The van der Waals surface area contributed by atoms with Gasteiger partial charge in [0.2, 0.25) is 0 Å². The summed E-state index contributed by atoms with van der Waals surface area (Å²) < 4.78 is 0. The molecule has 0 rings (SSSR count). The first-order chi connectivity index (χ1) is 7.54. The van der Waals surface area contributed by atoms with Crippen molar-refractivity contribution in [2.24, 2.45) is 4.99 Å². The fourth-order valence-corrected chi connectivity index (χ4v) is 0.220. The summed E-state index contributed by atoms with van der Waals surface area (Å²) in [5.41, 5.74) is 1.76. The monoisotopic (exact) mass is 245 g/mol. The van der Waals surface area contributed by atoms with Crippen molar-refractivity contribution in [1.82, 2.24) is 0 Å². The van der Waals surface area contributed by atoms with E-state index in [-0.39, 0.29) is 0 Å². The van der Waals surface area contributed by atoms with Crippen molar-refractivity contribution < 1.29 is 0 Å². The van der Waals surface area contributed by atoms with E-state index in [9.17, 15) is 0 Å². The van der Waals surface area contributed by atoms with Gasteiger partial charge in [0, 0.05) is 11.9 Å². The quantitative estimate of drug-likeness (QED) is 0.460. The van der Waals surface area contributed by atoms with E-state index in [1.165, 1.54) is 12.6 Å². The Kier molecular flexibility index (Phi) is 45.2. The molecule has 0 aliphatic heterocycles. The predicted molar refractivity (Wildman–Crippen MR) is 85.7 cm³/mol. The van der Waals surface area contributed by atoms with E-state index in [0.29, 0.717) is 0 Å². The van der Waals surface area contributed by atoms with Crippen molar-refractivity contribution in [2.45, 2.75) is 54.9 Å². The predicted octanol–water partition coefficient (Wildman–Crippen LogP) is 5.49. The lowest BCUT2D eigenvalue weighted by atomic mass is 10.4. The molecular weight excluding hydrogens is 213 g/mol. The molecule has 0 saturated carbocycles. The van der Waals surface area contributed by atoms with Gasteiger partial charge in [0.15, 0.2) is 0 Å². The van der Waals surface area contributed by atoms with Crippen LogP contribution < -0.4 is 0 Å². The molecule has 0 heterocycles. The van der Waals surface area contributed by atoms with Gasteiger partial charge in [-0.2, -0.15) is 0 Å². The van der Waals surface area contributed by atoms with Gasteiger partial charge in [-0.05, 0) is 25.6 Å². The van der Waals surface area contributed by atoms with Crippen LogP contribution in [0.25, 0.3) is 0 Å². The molecule has 0 aliphatic rings. The van der Waals surface area contributed by atoms with Crippen LogP contribution in [0.5, 0.6) is 0 Å². The van der Waals surface area contributed by atoms with Crippen LogP contribution in [0.2, 0.25) is 0 Å². The topological polar surface area (TPSA) is 12.4 Å². The molecule has 98 valence electrons. The molecular formula is C14H32NP. The van der Waals surface area contributed by atoms with Gasteiger partial charge in [-0.25, -0.2) is 0 Å². The second-order valence-corrected chi connectivity index (χ2v) is 3.21. The van der Waals surface area contributed by atoms with E-state index < -0.39 is 0 Å². The molecule has 0 N–H and O–H groups in total. The zero-order valence-electron chi connectivity index (χ0n) is 12.4. The molecule has 1 atom stereocenters. The highest BCUT2D eigenvalue weighted by Crippen LogP contribution is 1.88. The summed E-state index contributed by atoms with van der Waals surface area (Å²) in [6.45, 7) is 21.1. The van der Waals surface area contributed by atoms with Crippen LogP contribution in [-0.4, -0.2) is 12.4 Å². The first kappa shape index (κ1) is 24.7. The summed E-state index contributed by atoms with van der Waals surface area (Å²) in [4.78, 5) is 3.91. The van der Waals surface area contributed by atoms with Crippen molar-refractivity contribution >= 4 is 15.5 Å². The van der Waals surface area contributed by atoms with E-state index >= 15 is 0 Å². The maximum absolute atomic E-state index is 3.91. The van der Waals surface area contributed by atoms with Gasteiger partial charge in [0.05, 0.1) is 0 Å². The fraction of sp³-hybridized carbons (Fsp3) is 0.643. The van der Waals surface area contributed by atoms with Crippen LogP contribution in [0.4, 0.5) is 0 Å². The number of allylic oxidation sites excluding steroid dienone is 2. The second kappa shape index (κ2) is 29.3. The average Bonchev–Trinajstić information content (AvgIpc) is 2.32. The smallest absolute Gasteiger partial charge is 0.0301 e. The van der Waals surface area contributed by atoms with E-state index in [1.807, 2.05) is 41.5 Å². The molecule has 0 aromatic rings. The number of rotatable bonds is 3. The molecule has 0 aromatic carbocycles. The highest BCUT2D eigenvalue weighted by Gasteiger charge is 1.73. The van der Waals surface area contributed by atoms with Crippen molar-refractivity contribution in [3.05, 3.63) is 24.4 Å². The van der Waals surface area contributed by atoms with E-state index in [4.69, 9.17) is 0 Å². The normalized spacial score (nSPS) is 7.50. The molecule has 0 aliphatic carbocycles. The number of hydrogen-bond acceptors (Lipinski definition) is 1. The summed E-state index contributed by atoms with van der Waals surface area (Å²) in [7, 11) is 2.66. The number of nitrogens with zero attached hydrogens (tertiary/aromatic N) is 1. The fourth-order valence-electron chi connectivity index (χ4n) is 0.220. The Morgan fingerprint density at radius 3 is 1.50 bits per heavy atom. The van der Waals surface area contributed by atoms with Crippen molar-refractivity contribution in [3.63, 3.8) is 0 Å². The SMILES string of the molecule is C=C(C)C=NC(=C)C.CC.CC.CCCP. The van der Waals surface area contributed by atoms with Gasteiger partial charge in [0.25, 0.3) is 0 Å². The van der Waals surface area contributed by atoms with E-state index in [0.717, 1.165) is 11.3 Å². The van der Waals surface area contributed by atoms with Crippen LogP contribution in [0, 0.1) is 0 Å². The van der Waals surface area contributed by atoms with Gasteiger partial charge < -0.3 is 0 Å².